The van der Waals surface area contributed by atoms with Gasteiger partial charge in [0.15, 0.2) is 0 Å². The zero-order valence-corrected chi connectivity index (χ0v) is 12.7. The molecular formula is C18H18N2O2. The van der Waals surface area contributed by atoms with Crippen LogP contribution in [0.2, 0.25) is 0 Å². The maximum absolute atomic E-state index is 12.6. The van der Waals surface area contributed by atoms with Gasteiger partial charge in [-0.2, -0.15) is 0 Å². The molecule has 0 aromatic heterocycles. The number of carbonyl (C=O) groups is 1. The monoisotopic (exact) mass is 294 g/mol. The molecule has 0 bridgehead atoms. The van der Waals surface area contributed by atoms with E-state index in [1.807, 2.05) is 55.5 Å². The predicted octanol–water partition coefficient (Wildman–Crippen LogP) is 3.72. The van der Waals surface area contributed by atoms with Crippen molar-refractivity contribution in [3.63, 3.8) is 0 Å². The molecule has 0 spiro atoms. The van der Waals surface area contributed by atoms with Crippen LogP contribution in [0.4, 0.5) is 11.4 Å². The van der Waals surface area contributed by atoms with Crippen molar-refractivity contribution in [1.82, 2.24) is 0 Å². The minimum absolute atomic E-state index is 0.0529. The number of rotatable bonds is 3. The fourth-order valence-corrected chi connectivity index (χ4v) is 2.57. The van der Waals surface area contributed by atoms with E-state index in [4.69, 9.17) is 4.74 Å². The van der Waals surface area contributed by atoms with Crippen molar-refractivity contribution < 1.29 is 9.53 Å². The first kappa shape index (κ1) is 14.3. The van der Waals surface area contributed by atoms with Gasteiger partial charge in [0.1, 0.15) is 5.75 Å². The van der Waals surface area contributed by atoms with Crippen molar-refractivity contribution in [2.75, 3.05) is 12.0 Å². The second kappa shape index (κ2) is 6.02. The molecule has 1 aliphatic heterocycles. The first-order valence-electron chi connectivity index (χ1n) is 7.24. The van der Waals surface area contributed by atoms with Crippen molar-refractivity contribution in [1.29, 1.82) is 0 Å². The van der Waals surface area contributed by atoms with Crippen molar-refractivity contribution in [3.05, 3.63) is 54.1 Å². The Hall–Kier alpha value is -2.62. The molecule has 4 heteroatoms. The summed E-state index contributed by atoms with van der Waals surface area (Å²) < 4.78 is 5.30. The molecule has 2 aromatic rings. The lowest BCUT2D eigenvalue weighted by molar-refractivity contribution is -0.117. The molecule has 0 unspecified atom stereocenters. The standard InChI is InChI=1S/C18H18N2O2/c1-13-10-18(21)20(12-14-6-4-3-5-7-14)17-11-15(22-2)8-9-16(17)19-13/h3-9,11H,10,12H2,1-2H3. The van der Waals surface area contributed by atoms with Gasteiger partial charge in [0.25, 0.3) is 0 Å². The van der Waals surface area contributed by atoms with Gasteiger partial charge >= 0.3 is 0 Å². The summed E-state index contributed by atoms with van der Waals surface area (Å²) in [6, 6.07) is 15.6. The van der Waals surface area contributed by atoms with Gasteiger partial charge in [-0.05, 0) is 24.6 Å². The molecule has 3 rings (SSSR count). The molecule has 0 atom stereocenters. The second-order valence-electron chi connectivity index (χ2n) is 5.34. The summed E-state index contributed by atoms with van der Waals surface area (Å²) in [6.45, 7) is 2.42. The van der Waals surface area contributed by atoms with E-state index in [9.17, 15) is 4.79 Å². The average Bonchev–Trinajstić information content (AvgIpc) is 2.64. The molecule has 112 valence electrons. The Bertz CT molecular complexity index is 723. The molecule has 4 nitrogen and oxygen atoms in total. The number of nitrogens with zero attached hydrogens (tertiary/aromatic N) is 2. The highest BCUT2D eigenvalue weighted by Crippen LogP contribution is 2.36. The molecule has 1 aliphatic rings. The minimum atomic E-state index is 0.0529. The molecular weight excluding hydrogens is 276 g/mol. The lowest BCUT2D eigenvalue weighted by Gasteiger charge is -2.23. The van der Waals surface area contributed by atoms with E-state index in [1.165, 1.54) is 0 Å². The molecule has 0 saturated heterocycles. The summed E-state index contributed by atoms with van der Waals surface area (Å²) in [4.78, 5) is 18.9. The van der Waals surface area contributed by atoms with Gasteiger partial charge in [-0.3, -0.25) is 9.79 Å². The number of carbonyl (C=O) groups excluding carboxylic acids is 1. The van der Waals surface area contributed by atoms with E-state index >= 15 is 0 Å². The van der Waals surface area contributed by atoms with Gasteiger partial charge in [-0.15, -0.1) is 0 Å². The Morgan fingerprint density at radius 2 is 1.95 bits per heavy atom. The highest BCUT2D eigenvalue weighted by Gasteiger charge is 2.23. The number of hydrogen-bond donors (Lipinski definition) is 0. The van der Waals surface area contributed by atoms with Crippen molar-refractivity contribution in [2.24, 2.45) is 4.99 Å². The first-order valence-corrected chi connectivity index (χ1v) is 7.24. The van der Waals surface area contributed by atoms with E-state index in [0.717, 1.165) is 28.4 Å². The predicted molar refractivity (Wildman–Crippen MR) is 88.0 cm³/mol. The van der Waals surface area contributed by atoms with E-state index in [2.05, 4.69) is 4.99 Å². The molecule has 0 radical (unpaired) electrons. The lowest BCUT2D eigenvalue weighted by atomic mass is 10.1. The first-order chi connectivity index (χ1) is 10.7. The summed E-state index contributed by atoms with van der Waals surface area (Å²) in [6.07, 6.45) is 0.337. The van der Waals surface area contributed by atoms with Gasteiger partial charge in [-0.25, -0.2) is 0 Å². The van der Waals surface area contributed by atoms with Gasteiger partial charge in [0.2, 0.25) is 5.91 Å². The quantitative estimate of drug-likeness (QED) is 0.865. The zero-order chi connectivity index (χ0) is 15.5. The molecule has 1 heterocycles. The van der Waals surface area contributed by atoms with Crippen LogP contribution in [0.25, 0.3) is 0 Å². The van der Waals surface area contributed by atoms with Crippen LogP contribution in [-0.2, 0) is 11.3 Å². The number of hydrogen-bond acceptors (Lipinski definition) is 3. The van der Waals surface area contributed by atoms with E-state index in [1.54, 1.807) is 12.0 Å². The number of fused-ring (bicyclic) bond motifs is 1. The van der Waals surface area contributed by atoms with Gasteiger partial charge in [-0.1, -0.05) is 30.3 Å². The van der Waals surface area contributed by atoms with Crippen LogP contribution in [0, 0.1) is 0 Å². The topological polar surface area (TPSA) is 41.9 Å². The Labute approximate surface area is 130 Å². The molecule has 0 aliphatic carbocycles. The molecule has 2 aromatic carbocycles. The van der Waals surface area contributed by atoms with Crippen LogP contribution in [-0.4, -0.2) is 18.7 Å². The summed E-state index contributed by atoms with van der Waals surface area (Å²) in [5, 5.41) is 0. The summed E-state index contributed by atoms with van der Waals surface area (Å²) in [5.74, 6) is 0.775. The van der Waals surface area contributed by atoms with Crippen molar-refractivity contribution in [2.45, 2.75) is 19.9 Å². The van der Waals surface area contributed by atoms with Crippen molar-refractivity contribution in [3.8, 4) is 5.75 Å². The number of amides is 1. The number of anilines is 1. The third-order valence-electron chi connectivity index (χ3n) is 3.68. The maximum Gasteiger partial charge on any atom is 0.233 e. The highest BCUT2D eigenvalue weighted by atomic mass is 16.5. The van der Waals surface area contributed by atoms with E-state index < -0.39 is 0 Å². The molecule has 0 N–H and O–H groups in total. The average molecular weight is 294 g/mol. The molecule has 0 saturated carbocycles. The van der Waals surface area contributed by atoms with Crippen LogP contribution in [0.15, 0.2) is 53.5 Å². The largest absolute Gasteiger partial charge is 0.497 e. The second-order valence-corrected chi connectivity index (χ2v) is 5.34. The van der Waals surface area contributed by atoms with E-state index in [0.29, 0.717) is 13.0 Å². The van der Waals surface area contributed by atoms with E-state index in [-0.39, 0.29) is 5.91 Å². The fourth-order valence-electron chi connectivity index (χ4n) is 2.57. The normalized spacial score (nSPS) is 14.2. The third-order valence-corrected chi connectivity index (χ3v) is 3.68. The number of benzene rings is 2. The number of ether oxygens (including phenoxy) is 1. The number of methoxy groups -OCH3 is 1. The highest BCUT2D eigenvalue weighted by molar-refractivity contribution is 6.11. The zero-order valence-electron chi connectivity index (χ0n) is 12.7. The van der Waals surface area contributed by atoms with Gasteiger partial charge < -0.3 is 9.64 Å². The summed E-state index contributed by atoms with van der Waals surface area (Å²) in [5.41, 5.74) is 3.52. The summed E-state index contributed by atoms with van der Waals surface area (Å²) >= 11 is 0. The van der Waals surface area contributed by atoms with Crippen LogP contribution in [0.1, 0.15) is 18.9 Å². The van der Waals surface area contributed by atoms with Crippen LogP contribution in [0.3, 0.4) is 0 Å². The Balaban J connectivity index is 2.04. The molecule has 0 fully saturated rings. The molecule has 22 heavy (non-hydrogen) atoms. The number of aliphatic imine (C=N–C) groups is 1. The molecule has 1 amide bonds. The van der Waals surface area contributed by atoms with Gasteiger partial charge in [0, 0.05) is 11.8 Å². The Morgan fingerprint density at radius 3 is 2.68 bits per heavy atom. The van der Waals surface area contributed by atoms with Crippen LogP contribution in [0.5, 0.6) is 5.75 Å². The summed E-state index contributed by atoms with van der Waals surface area (Å²) in [7, 11) is 1.62. The third kappa shape index (κ3) is 2.86. The maximum atomic E-state index is 12.6. The van der Waals surface area contributed by atoms with Crippen LogP contribution >= 0.6 is 0 Å². The van der Waals surface area contributed by atoms with Crippen LogP contribution < -0.4 is 9.64 Å². The Morgan fingerprint density at radius 1 is 1.18 bits per heavy atom. The smallest absolute Gasteiger partial charge is 0.233 e. The SMILES string of the molecule is COc1ccc2c(c1)N(Cc1ccccc1)C(=O)CC(C)=N2. The van der Waals surface area contributed by atoms with Crippen molar-refractivity contribution >= 4 is 23.0 Å². The fraction of sp³-hybridized carbons (Fsp3) is 0.222. The van der Waals surface area contributed by atoms with Gasteiger partial charge in [0.05, 0.1) is 31.5 Å². The Kier molecular flexibility index (Phi) is 3.92. The lowest BCUT2D eigenvalue weighted by Crippen LogP contribution is -2.30. The minimum Gasteiger partial charge on any atom is -0.497 e.